The molecule has 110 valence electrons. The lowest BCUT2D eigenvalue weighted by atomic mass is 9.76. The van der Waals surface area contributed by atoms with Gasteiger partial charge in [0.2, 0.25) is 0 Å². The highest BCUT2D eigenvalue weighted by atomic mass is 16.6. The summed E-state index contributed by atoms with van der Waals surface area (Å²) in [5.41, 5.74) is -0.133. The first-order chi connectivity index (χ1) is 9.58. The van der Waals surface area contributed by atoms with Crippen LogP contribution in [-0.4, -0.2) is 11.6 Å². The van der Waals surface area contributed by atoms with Crippen molar-refractivity contribution in [2.45, 2.75) is 58.0 Å². The molecule has 3 saturated carbocycles. The molecule has 0 saturated heterocycles. The first-order valence-electron chi connectivity index (χ1n) is 8.49. The van der Waals surface area contributed by atoms with Crippen LogP contribution in [0.5, 0.6) is 0 Å². The number of carbonyl (C=O) groups is 1. The molecule has 20 heavy (non-hydrogen) atoms. The van der Waals surface area contributed by atoms with E-state index in [9.17, 15) is 4.79 Å². The normalized spacial score (nSPS) is 48.5. The highest BCUT2D eigenvalue weighted by Crippen LogP contribution is 2.56. The third kappa shape index (κ3) is 1.72. The Hall–Kier alpha value is -0.790. The summed E-state index contributed by atoms with van der Waals surface area (Å²) in [6, 6.07) is 0. The molecule has 6 unspecified atom stereocenters. The van der Waals surface area contributed by atoms with Gasteiger partial charge in [-0.1, -0.05) is 26.0 Å². The molecule has 4 bridgehead atoms. The fraction of sp³-hybridized carbons (Fsp3) is 0.833. The predicted molar refractivity (Wildman–Crippen MR) is 78.0 cm³/mol. The molecule has 6 atom stereocenters. The lowest BCUT2D eigenvalue weighted by Gasteiger charge is -2.41. The third-order valence-corrected chi connectivity index (χ3v) is 6.69. The van der Waals surface area contributed by atoms with Gasteiger partial charge >= 0.3 is 5.97 Å². The first kappa shape index (κ1) is 12.9. The second kappa shape index (κ2) is 4.35. The van der Waals surface area contributed by atoms with Crippen molar-refractivity contribution < 1.29 is 9.53 Å². The molecule has 2 heteroatoms. The molecular formula is C18H26O2. The van der Waals surface area contributed by atoms with Crippen molar-refractivity contribution in [1.29, 1.82) is 0 Å². The topological polar surface area (TPSA) is 26.3 Å². The number of fused-ring (bicyclic) bond motifs is 4. The van der Waals surface area contributed by atoms with E-state index < -0.39 is 0 Å². The highest BCUT2D eigenvalue weighted by molar-refractivity contribution is 5.74. The number of ether oxygens (including phenoxy) is 1. The van der Waals surface area contributed by atoms with Gasteiger partial charge in [0.15, 0.2) is 0 Å². The number of hydrogen-bond acceptors (Lipinski definition) is 2. The van der Waals surface area contributed by atoms with Gasteiger partial charge in [-0.25, -0.2) is 0 Å². The number of carbonyl (C=O) groups excluding carboxylic acids is 1. The summed E-state index contributed by atoms with van der Waals surface area (Å²) in [6.07, 6.45) is 11.8. The van der Waals surface area contributed by atoms with E-state index in [0.29, 0.717) is 23.7 Å². The maximum absolute atomic E-state index is 12.7. The van der Waals surface area contributed by atoms with Crippen molar-refractivity contribution in [3.8, 4) is 0 Å². The Morgan fingerprint density at radius 3 is 2.55 bits per heavy atom. The Labute approximate surface area is 122 Å². The largest absolute Gasteiger partial charge is 0.458 e. The molecule has 4 aliphatic rings. The number of hydrogen-bond donors (Lipinski definition) is 0. The lowest BCUT2D eigenvalue weighted by molar-refractivity contribution is -0.179. The molecule has 0 aliphatic heterocycles. The van der Waals surface area contributed by atoms with E-state index in [4.69, 9.17) is 4.74 Å². The summed E-state index contributed by atoms with van der Waals surface area (Å²) in [6.45, 7) is 4.49. The lowest BCUT2D eigenvalue weighted by Crippen LogP contribution is -2.46. The van der Waals surface area contributed by atoms with Crippen molar-refractivity contribution in [3.63, 3.8) is 0 Å². The van der Waals surface area contributed by atoms with E-state index >= 15 is 0 Å². The summed E-state index contributed by atoms with van der Waals surface area (Å²) in [5.74, 6) is 3.28. The van der Waals surface area contributed by atoms with Crippen LogP contribution in [-0.2, 0) is 9.53 Å². The molecule has 0 radical (unpaired) electrons. The van der Waals surface area contributed by atoms with Crippen LogP contribution in [0.15, 0.2) is 12.2 Å². The minimum atomic E-state index is -0.133. The second-order valence-corrected chi connectivity index (χ2v) is 8.00. The molecule has 0 aromatic heterocycles. The molecule has 3 fully saturated rings. The van der Waals surface area contributed by atoms with Gasteiger partial charge < -0.3 is 4.74 Å². The summed E-state index contributed by atoms with van der Waals surface area (Å²) < 4.78 is 6.26. The van der Waals surface area contributed by atoms with Gasteiger partial charge in [0.1, 0.15) is 5.60 Å². The molecule has 0 aromatic rings. The van der Waals surface area contributed by atoms with Crippen LogP contribution >= 0.6 is 0 Å². The van der Waals surface area contributed by atoms with Crippen molar-refractivity contribution >= 4 is 5.97 Å². The second-order valence-electron chi connectivity index (χ2n) is 8.00. The van der Waals surface area contributed by atoms with Crippen LogP contribution in [0.1, 0.15) is 52.4 Å². The number of rotatable bonds is 3. The Morgan fingerprint density at radius 2 is 2.05 bits per heavy atom. The van der Waals surface area contributed by atoms with Crippen LogP contribution in [0.3, 0.4) is 0 Å². The molecule has 4 rings (SSSR count). The molecule has 2 nitrogen and oxygen atoms in total. The monoisotopic (exact) mass is 274 g/mol. The van der Waals surface area contributed by atoms with Crippen LogP contribution in [0.25, 0.3) is 0 Å². The van der Waals surface area contributed by atoms with Gasteiger partial charge in [0.05, 0.1) is 5.92 Å². The van der Waals surface area contributed by atoms with Gasteiger partial charge in [-0.2, -0.15) is 0 Å². The van der Waals surface area contributed by atoms with Crippen molar-refractivity contribution in [2.75, 3.05) is 0 Å². The van der Waals surface area contributed by atoms with Crippen LogP contribution in [0.4, 0.5) is 0 Å². The first-order valence-corrected chi connectivity index (χ1v) is 8.49. The Bertz CT molecular complexity index is 452. The molecule has 0 amide bonds. The minimum Gasteiger partial charge on any atom is -0.458 e. The molecule has 4 aliphatic carbocycles. The van der Waals surface area contributed by atoms with E-state index in [0.717, 1.165) is 18.8 Å². The molecule has 0 aromatic carbocycles. The van der Waals surface area contributed by atoms with Crippen molar-refractivity contribution in [1.82, 2.24) is 0 Å². The predicted octanol–water partition coefficient (Wildman–Crippen LogP) is 3.96. The molecule has 0 N–H and O–H groups in total. The Morgan fingerprint density at radius 1 is 1.20 bits per heavy atom. The Balaban J connectivity index is 1.52. The van der Waals surface area contributed by atoms with Crippen molar-refractivity contribution in [3.05, 3.63) is 12.2 Å². The van der Waals surface area contributed by atoms with Gasteiger partial charge in [0.25, 0.3) is 0 Å². The third-order valence-electron chi connectivity index (χ3n) is 6.69. The van der Waals surface area contributed by atoms with Gasteiger partial charge in [-0.3, -0.25) is 4.79 Å². The average Bonchev–Trinajstić information content (AvgIpc) is 3.18. The van der Waals surface area contributed by atoms with E-state index in [2.05, 4.69) is 26.0 Å². The van der Waals surface area contributed by atoms with Crippen LogP contribution < -0.4 is 0 Å². The fourth-order valence-corrected chi connectivity index (χ4v) is 5.59. The number of allylic oxidation sites excluding steroid dienone is 2. The number of esters is 1. The molecular weight excluding hydrogens is 248 g/mol. The van der Waals surface area contributed by atoms with Crippen molar-refractivity contribution in [2.24, 2.45) is 35.5 Å². The molecule has 0 spiro atoms. The minimum absolute atomic E-state index is 0.114. The average molecular weight is 274 g/mol. The highest BCUT2D eigenvalue weighted by Gasteiger charge is 2.56. The Kier molecular flexibility index (Phi) is 2.81. The summed E-state index contributed by atoms with van der Waals surface area (Å²) >= 11 is 0. The van der Waals surface area contributed by atoms with E-state index in [1.807, 2.05) is 0 Å². The summed E-state index contributed by atoms with van der Waals surface area (Å²) in [5, 5.41) is 0. The van der Waals surface area contributed by atoms with E-state index in [-0.39, 0.29) is 17.5 Å². The molecule has 0 heterocycles. The smallest absolute Gasteiger partial charge is 0.310 e. The SMILES string of the molecule is CC(C)C1(OC(=O)C2CC3C=CC2C3)CC2CCC1C2. The zero-order valence-electron chi connectivity index (χ0n) is 12.7. The van der Waals surface area contributed by atoms with Gasteiger partial charge in [0, 0.05) is 0 Å². The zero-order chi connectivity index (χ0) is 13.9. The van der Waals surface area contributed by atoms with E-state index in [1.54, 1.807) is 0 Å². The van der Waals surface area contributed by atoms with E-state index in [1.165, 1.54) is 25.7 Å². The van der Waals surface area contributed by atoms with Gasteiger partial charge in [-0.15, -0.1) is 0 Å². The summed E-state index contributed by atoms with van der Waals surface area (Å²) in [4.78, 5) is 12.7. The quantitative estimate of drug-likeness (QED) is 0.575. The fourth-order valence-electron chi connectivity index (χ4n) is 5.59. The van der Waals surface area contributed by atoms with Crippen LogP contribution in [0, 0.1) is 35.5 Å². The summed E-state index contributed by atoms with van der Waals surface area (Å²) in [7, 11) is 0. The van der Waals surface area contributed by atoms with Crippen LogP contribution in [0.2, 0.25) is 0 Å². The standard InChI is InChI=1S/C18H26O2/c1-11(2)18(10-13-4-6-15(18)8-13)20-17(19)16-9-12-3-5-14(16)7-12/h3,5,11-16H,4,6-10H2,1-2H3. The maximum atomic E-state index is 12.7. The maximum Gasteiger partial charge on any atom is 0.310 e. The zero-order valence-corrected chi connectivity index (χ0v) is 12.7. The van der Waals surface area contributed by atoms with Gasteiger partial charge in [-0.05, 0) is 68.1 Å².